The van der Waals surface area contributed by atoms with Gasteiger partial charge in [-0.1, -0.05) is 0 Å². The fourth-order valence-corrected chi connectivity index (χ4v) is 2.12. The summed E-state index contributed by atoms with van der Waals surface area (Å²) in [7, 11) is 0. The Morgan fingerprint density at radius 3 is 2.84 bits per heavy atom. The summed E-state index contributed by atoms with van der Waals surface area (Å²) >= 11 is 0. The van der Waals surface area contributed by atoms with Gasteiger partial charge in [0.2, 0.25) is 18.2 Å². The maximum atomic E-state index is 11.9. The first-order valence-corrected chi connectivity index (χ1v) is 6.21. The van der Waals surface area contributed by atoms with Crippen LogP contribution in [-0.2, 0) is 4.79 Å². The molecular formula is C13H14N4O2. The molecule has 1 aromatic heterocycles. The number of amides is 1. The van der Waals surface area contributed by atoms with Crippen LogP contribution in [0.1, 0.15) is 6.42 Å². The summed E-state index contributed by atoms with van der Waals surface area (Å²) in [6, 6.07) is 7.35. The molecule has 6 nitrogen and oxygen atoms in total. The van der Waals surface area contributed by atoms with Gasteiger partial charge in [-0.2, -0.15) is 0 Å². The smallest absolute Gasteiger partial charge is 0.247 e. The van der Waals surface area contributed by atoms with Crippen molar-refractivity contribution in [3.8, 4) is 11.5 Å². The quantitative estimate of drug-likeness (QED) is 0.867. The van der Waals surface area contributed by atoms with E-state index < -0.39 is 0 Å². The second kappa shape index (κ2) is 5.19. The minimum atomic E-state index is 0.0653. The lowest BCUT2D eigenvalue weighted by atomic mass is 10.1. The third kappa shape index (κ3) is 2.63. The topological polar surface area (TPSA) is 80.1 Å². The first-order valence-electron chi connectivity index (χ1n) is 6.21. The van der Waals surface area contributed by atoms with Crippen LogP contribution in [-0.4, -0.2) is 29.2 Å². The molecule has 6 heteroatoms. The lowest BCUT2D eigenvalue weighted by Gasteiger charge is -2.09. The van der Waals surface area contributed by atoms with Crippen molar-refractivity contribution in [3.05, 3.63) is 30.7 Å². The van der Waals surface area contributed by atoms with E-state index in [-0.39, 0.29) is 11.8 Å². The van der Waals surface area contributed by atoms with E-state index in [0.717, 1.165) is 30.8 Å². The highest BCUT2D eigenvalue weighted by molar-refractivity contribution is 5.93. The molecule has 1 saturated heterocycles. The summed E-state index contributed by atoms with van der Waals surface area (Å²) in [5.41, 5.74) is 1.61. The molecule has 0 saturated carbocycles. The fraction of sp³-hybridized carbons (Fsp3) is 0.308. The highest BCUT2D eigenvalue weighted by Crippen LogP contribution is 2.19. The maximum absolute atomic E-state index is 11.9. The van der Waals surface area contributed by atoms with E-state index in [1.165, 1.54) is 6.39 Å². The molecule has 1 unspecified atom stereocenters. The van der Waals surface area contributed by atoms with Crippen molar-refractivity contribution >= 4 is 11.6 Å². The summed E-state index contributed by atoms with van der Waals surface area (Å²) in [4.78, 5) is 11.9. The lowest BCUT2D eigenvalue weighted by molar-refractivity contribution is -0.119. The Kier molecular flexibility index (Phi) is 3.24. The summed E-state index contributed by atoms with van der Waals surface area (Å²) in [6.45, 7) is 1.67. The third-order valence-corrected chi connectivity index (χ3v) is 3.19. The predicted molar refractivity (Wildman–Crippen MR) is 69.3 cm³/mol. The van der Waals surface area contributed by atoms with E-state index in [1.807, 2.05) is 24.3 Å². The van der Waals surface area contributed by atoms with Gasteiger partial charge < -0.3 is 15.1 Å². The molecule has 1 aliphatic rings. The van der Waals surface area contributed by atoms with Crippen LogP contribution in [0.2, 0.25) is 0 Å². The Hall–Kier alpha value is -2.21. The number of anilines is 1. The van der Waals surface area contributed by atoms with Crippen LogP contribution >= 0.6 is 0 Å². The molecular weight excluding hydrogens is 244 g/mol. The zero-order valence-corrected chi connectivity index (χ0v) is 10.3. The van der Waals surface area contributed by atoms with Crippen molar-refractivity contribution in [2.45, 2.75) is 6.42 Å². The number of aromatic nitrogens is 2. The minimum Gasteiger partial charge on any atom is -0.423 e. The van der Waals surface area contributed by atoms with Gasteiger partial charge in [0.1, 0.15) is 0 Å². The summed E-state index contributed by atoms with van der Waals surface area (Å²) in [5, 5.41) is 13.5. The molecule has 2 heterocycles. The van der Waals surface area contributed by atoms with Gasteiger partial charge in [-0.15, -0.1) is 10.2 Å². The van der Waals surface area contributed by atoms with Gasteiger partial charge in [-0.3, -0.25) is 4.79 Å². The highest BCUT2D eigenvalue weighted by atomic mass is 16.4. The van der Waals surface area contributed by atoms with E-state index in [9.17, 15) is 4.79 Å². The molecule has 1 aromatic carbocycles. The van der Waals surface area contributed by atoms with Crippen molar-refractivity contribution in [1.82, 2.24) is 15.5 Å². The summed E-state index contributed by atoms with van der Waals surface area (Å²) in [6.07, 6.45) is 2.18. The van der Waals surface area contributed by atoms with Crippen LogP contribution in [0, 0.1) is 5.92 Å². The van der Waals surface area contributed by atoms with E-state index in [0.29, 0.717) is 5.89 Å². The molecule has 0 aliphatic carbocycles. The summed E-state index contributed by atoms with van der Waals surface area (Å²) in [5.74, 6) is 0.601. The maximum Gasteiger partial charge on any atom is 0.247 e. The second-order valence-electron chi connectivity index (χ2n) is 4.50. The monoisotopic (exact) mass is 258 g/mol. The number of hydrogen-bond donors (Lipinski definition) is 2. The number of carbonyl (C=O) groups excluding carboxylic acids is 1. The van der Waals surface area contributed by atoms with E-state index >= 15 is 0 Å². The van der Waals surface area contributed by atoms with Gasteiger partial charge >= 0.3 is 0 Å². The standard InChI is InChI=1S/C13H14N4O2/c18-12(10-5-6-14-7-10)16-11-3-1-9(2-4-11)13-17-15-8-19-13/h1-4,8,10,14H,5-7H2,(H,16,18). The third-order valence-electron chi connectivity index (χ3n) is 3.19. The van der Waals surface area contributed by atoms with Gasteiger partial charge in [0.25, 0.3) is 0 Å². The van der Waals surface area contributed by atoms with Crippen LogP contribution in [0.3, 0.4) is 0 Å². The van der Waals surface area contributed by atoms with Gasteiger partial charge in [0.05, 0.1) is 5.92 Å². The molecule has 0 spiro atoms. The van der Waals surface area contributed by atoms with Crippen LogP contribution < -0.4 is 10.6 Å². The fourth-order valence-electron chi connectivity index (χ4n) is 2.12. The van der Waals surface area contributed by atoms with Crippen LogP contribution in [0.4, 0.5) is 5.69 Å². The van der Waals surface area contributed by atoms with Crippen LogP contribution in [0.25, 0.3) is 11.5 Å². The summed E-state index contributed by atoms with van der Waals surface area (Å²) < 4.78 is 5.10. The van der Waals surface area contributed by atoms with Crippen molar-refractivity contribution in [2.24, 2.45) is 5.92 Å². The normalized spacial score (nSPS) is 18.4. The average molecular weight is 258 g/mol. The molecule has 0 radical (unpaired) electrons. The van der Waals surface area contributed by atoms with E-state index in [1.54, 1.807) is 0 Å². The number of nitrogens with zero attached hydrogens (tertiary/aromatic N) is 2. The number of benzene rings is 1. The average Bonchev–Trinajstić information content (AvgIpc) is 3.13. The Morgan fingerprint density at radius 2 is 2.21 bits per heavy atom. The van der Waals surface area contributed by atoms with Crippen LogP contribution in [0.15, 0.2) is 35.1 Å². The number of hydrogen-bond acceptors (Lipinski definition) is 5. The second-order valence-corrected chi connectivity index (χ2v) is 4.50. The highest BCUT2D eigenvalue weighted by Gasteiger charge is 2.22. The Labute approximate surface area is 110 Å². The molecule has 1 atom stereocenters. The van der Waals surface area contributed by atoms with E-state index in [2.05, 4.69) is 20.8 Å². The Balaban J connectivity index is 1.67. The molecule has 19 heavy (non-hydrogen) atoms. The van der Waals surface area contributed by atoms with Gasteiger partial charge in [0.15, 0.2) is 0 Å². The largest absolute Gasteiger partial charge is 0.423 e. The molecule has 1 fully saturated rings. The number of nitrogens with one attached hydrogen (secondary N) is 2. The first-order chi connectivity index (χ1) is 9.33. The van der Waals surface area contributed by atoms with Crippen LogP contribution in [0.5, 0.6) is 0 Å². The van der Waals surface area contributed by atoms with Crippen molar-refractivity contribution < 1.29 is 9.21 Å². The predicted octanol–water partition coefficient (Wildman–Crippen LogP) is 1.28. The van der Waals surface area contributed by atoms with Gasteiger partial charge in [-0.25, -0.2) is 0 Å². The zero-order valence-electron chi connectivity index (χ0n) is 10.3. The van der Waals surface area contributed by atoms with Crippen molar-refractivity contribution in [1.29, 1.82) is 0 Å². The zero-order chi connectivity index (χ0) is 13.1. The molecule has 1 amide bonds. The van der Waals surface area contributed by atoms with Gasteiger partial charge in [0, 0.05) is 17.8 Å². The number of carbonyl (C=O) groups is 1. The van der Waals surface area contributed by atoms with E-state index in [4.69, 9.17) is 4.42 Å². The molecule has 2 N–H and O–H groups in total. The van der Waals surface area contributed by atoms with Gasteiger partial charge in [-0.05, 0) is 37.2 Å². The minimum absolute atomic E-state index is 0.0653. The Morgan fingerprint density at radius 1 is 1.37 bits per heavy atom. The lowest BCUT2D eigenvalue weighted by Crippen LogP contribution is -2.24. The molecule has 1 aliphatic heterocycles. The molecule has 2 aromatic rings. The van der Waals surface area contributed by atoms with Crippen molar-refractivity contribution in [2.75, 3.05) is 18.4 Å². The molecule has 98 valence electrons. The Bertz CT molecular complexity index is 545. The number of rotatable bonds is 3. The first kappa shape index (κ1) is 11.9. The SMILES string of the molecule is O=C(Nc1ccc(-c2nnco2)cc1)C1CCNC1. The molecule has 3 rings (SSSR count). The molecule has 0 bridgehead atoms. The van der Waals surface area contributed by atoms with Crippen molar-refractivity contribution in [3.63, 3.8) is 0 Å².